The first-order chi connectivity index (χ1) is 12.4. The summed E-state index contributed by atoms with van der Waals surface area (Å²) < 4.78 is 46.3. The molecule has 3 rings (SSSR count). The number of β-amino-alcohol motifs (C(OH)–C–C–N with tert-alkyl or cyclic N) is 1. The van der Waals surface area contributed by atoms with Crippen LogP contribution in [-0.2, 0) is 4.74 Å². The normalized spacial score (nSPS) is 17.1. The van der Waals surface area contributed by atoms with Crippen LogP contribution in [0.5, 0.6) is 5.75 Å². The second-order valence-electron chi connectivity index (χ2n) is 6.13. The van der Waals surface area contributed by atoms with E-state index >= 15 is 0 Å². The standard InChI is InChI=1S/C19H20F3NO3/c20-19(21,22)26-17-3-1-2-16(12-17)14-4-6-15(7-5-14)18(24)13-23-8-10-25-11-9-23/h1-7,12,18,24H,8-11,13H2/t18-/m1/s1. The van der Waals surface area contributed by atoms with Crippen LogP contribution in [0.15, 0.2) is 48.5 Å². The van der Waals surface area contributed by atoms with Gasteiger partial charge in [-0.05, 0) is 28.8 Å². The van der Waals surface area contributed by atoms with Gasteiger partial charge in [-0.15, -0.1) is 13.2 Å². The van der Waals surface area contributed by atoms with Crippen molar-refractivity contribution in [2.75, 3.05) is 32.8 Å². The first kappa shape index (κ1) is 18.7. The molecule has 1 fully saturated rings. The molecular formula is C19H20F3NO3. The Morgan fingerprint density at radius 1 is 1.04 bits per heavy atom. The van der Waals surface area contributed by atoms with Gasteiger partial charge in [0.15, 0.2) is 0 Å². The molecule has 1 heterocycles. The van der Waals surface area contributed by atoms with Gasteiger partial charge in [-0.2, -0.15) is 0 Å². The maximum absolute atomic E-state index is 12.3. The molecule has 0 bridgehead atoms. The molecule has 1 atom stereocenters. The van der Waals surface area contributed by atoms with E-state index in [0.717, 1.165) is 24.2 Å². The monoisotopic (exact) mass is 367 g/mol. The van der Waals surface area contributed by atoms with Crippen molar-refractivity contribution in [1.82, 2.24) is 4.90 Å². The first-order valence-electron chi connectivity index (χ1n) is 8.35. The number of nitrogens with zero attached hydrogens (tertiary/aromatic N) is 1. The number of rotatable bonds is 5. The Hall–Kier alpha value is -2.09. The van der Waals surface area contributed by atoms with E-state index in [1.165, 1.54) is 18.2 Å². The molecule has 2 aromatic carbocycles. The summed E-state index contributed by atoms with van der Waals surface area (Å²) in [7, 11) is 0. The van der Waals surface area contributed by atoms with Crippen molar-refractivity contribution in [3.63, 3.8) is 0 Å². The van der Waals surface area contributed by atoms with Crippen LogP contribution in [0.2, 0.25) is 0 Å². The van der Waals surface area contributed by atoms with Crippen molar-refractivity contribution in [1.29, 1.82) is 0 Å². The lowest BCUT2D eigenvalue weighted by Gasteiger charge is -2.28. The maximum atomic E-state index is 12.3. The molecule has 0 unspecified atom stereocenters. The lowest BCUT2D eigenvalue weighted by Crippen LogP contribution is -2.38. The zero-order valence-electron chi connectivity index (χ0n) is 14.1. The van der Waals surface area contributed by atoms with Crippen molar-refractivity contribution in [3.8, 4) is 16.9 Å². The molecule has 1 saturated heterocycles. The number of morpholine rings is 1. The number of aliphatic hydroxyl groups excluding tert-OH is 1. The molecule has 1 aliphatic heterocycles. The van der Waals surface area contributed by atoms with Gasteiger partial charge in [0.1, 0.15) is 5.75 Å². The molecule has 0 radical (unpaired) electrons. The molecule has 2 aromatic rings. The SMILES string of the molecule is O[C@H](CN1CCOCC1)c1ccc(-c2cccc(OC(F)(F)F)c2)cc1. The first-order valence-corrected chi connectivity index (χ1v) is 8.35. The van der Waals surface area contributed by atoms with Crippen LogP contribution in [0.1, 0.15) is 11.7 Å². The van der Waals surface area contributed by atoms with Crippen LogP contribution < -0.4 is 4.74 Å². The largest absolute Gasteiger partial charge is 0.573 e. The minimum absolute atomic E-state index is 0.258. The van der Waals surface area contributed by atoms with Gasteiger partial charge in [-0.3, -0.25) is 4.90 Å². The summed E-state index contributed by atoms with van der Waals surface area (Å²) in [5.74, 6) is -0.258. The van der Waals surface area contributed by atoms with E-state index in [4.69, 9.17) is 4.74 Å². The van der Waals surface area contributed by atoms with Gasteiger partial charge in [0.25, 0.3) is 0 Å². The van der Waals surface area contributed by atoms with E-state index in [1.54, 1.807) is 30.3 Å². The van der Waals surface area contributed by atoms with Crippen LogP contribution in [0.25, 0.3) is 11.1 Å². The molecule has 0 spiro atoms. The fraction of sp³-hybridized carbons (Fsp3) is 0.368. The summed E-state index contributed by atoms with van der Waals surface area (Å²) in [6, 6.07) is 13.0. The van der Waals surface area contributed by atoms with Crippen LogP contribution >= 0.6 is 0 Å². The number of hydrogen-bond acceptors (Lipinski definition) is 4. The summed E-state index contributed by atoms with van der Waals surface area (Å²) >= 11 is 0. The number of aliphatic hydroxyl groups is 1. The van der Waals surface area contributed by atoms with Gasteiger partial charge in [0, 0.05) is 19.6 Å². The lowest BCUT2D eigenvalue weighted by molar-refractivity contribution is -0.274. The van der Waals surface area contributed by atoms with Crippen LogP contribution in [-0.4, -0.2) is 49.2 Å². The third-order valence-corrected chi connectivity index (χ3v) is 4.23. The predicted octanol–water partition coefficient (Wildman–Crippen LogP) is 3.62. The summed E-state index contributed by atoms with van der Waals surface area (Å²) in [4.78, 5) is 2.14. The Kier molecular flexibility index (Phi) is 5.80. The van der Waals surface area contributed by atoms with Crippen molar-refractivity contribution in [2.24, 2.45) is 0 Å². The lowest BCUT2D eigenvalue weighted by atomic mass is 10.0. The minimum Gasteiger partial charge on any atom is -0.406 e. The molecule has 4 nitrogen and oxygen atoms in total. The second-order valence-corrected chi connectivity index (χ2v) is 6.13. The molecule has 1 N–H and O–H groups in total. The average molecular weight is 367 g/mol. The molecule has 1 aliphatic rings. The molecule has 0 saturated carbocycles. The molecule has 26 heavy (non-hydrogen) atoms. The third-order valence-electron chi connectivity index (χ3n) is 4.23. The Bertz CT molecular complexity index is 713. The number of alkyl halides is 3. The van der Waals surface area contributed by atoms with Crippen molar-refractivity contribution in [2.45, 2.75) is 12.5 Å². The number of ether oxygens (including phenoxy) is 2. The molecule has 140 valence electrons. The van der Waals surface area contributed by atoms with Gasteiger partial charge >= 0.3 is 6.36 Å². The summed E-state index contributed by atoms with van der Waals surface area (Å²) in [5, 5.41) is 10.4. The highest BCUT2D eigenvalue weighted by molar-refractivity contribution is 5.65. The quantitative estimate of drug-likeness (QED) is 0.877. The highest BCUT2D eigenvalue weighted by Crippen LogP contribution is 2.28. The second kappa shape index (κ2) is 8.07. The maximum Gasteiger partial charge on any atom is 0.573 e. The molecule has 0 aliphatic carbocycles. The Labute approximate surface area is 149 Å². The number of halogens is 3. The molecule has 0 amide bonds. The molecule has 0 aromatic heterocycles. The van der Waals surface area contributed by atoms with E-state index in [0.29, 0.717) is 25.3 Å². The smallest absolute Gasteiger partial charge is 0.406 e. The average Bonchev–Trinajstić information content (AvgIpc) is 2.61. The van der Waals surface area contributed by atoms with Gasteiger partial charge < -0.3 is 14.6 Å². The van der Waals surface area contributed by atoms with Crippen molar-refractivity contribution < 1.29 is 27.8 Å². The number of benzene rings is 2. The van der Waals surface area contributed by atoms with Crippen LogP contribution in [0, 0.1) is 0 Å². The van der Waals surface area contributed by atoms with E-state index < -0.39 is 12.5 Å². The summed E-state index contributed by atoms with van der Waals surface area (Å²) in [5.41, 5.74) is 2.13. The molecular weight excluding hydrogens is 347 g/mol. The van der Waals surface area contributed by atoms with Crippen molar-refractivity contribution in [3.05, 3.63) is 54.1 Å². The third kappa shape index (κ3) is 5.20. The van der Waals surface area contributed by atoms with Gasteiger partial charge in [0.05, 0.1) is 19.3 Å². The highest BCUT2D eigenvalue weighted by Gasteiger charge is 2.31. The summed E-state index contributed by atoms with van der Waals surface area (Å²) in [6.07, 6.45) is -5.34. The number of hydrogen-bond donors (Lipinski definition) is 1. The highest BCUT2D eigenvalue weighted by atomic mass is 19.4. The van der Waals surface area contributed by atoms with Crippen LogP contribution in [0.3, 0.4) is 0 Å². The molecule has 7 heteroatoms. The summed E-state index contributed by atoms with van der Waals surface area (Å²) in [6.45, 7) is 3.45. The Morgan fingerprint density at radius 3 is 2.38 bits per heavy atom. The van der Waals surface area contributed by atoms with E-state index in [9.17, 15) is 18.3 Å². The topological polar surface area (TPSA) is 41.9 Å². The zero-order chi connectivity index (χ0) is 18.6. The van der Waals surface area contributed by atoms with Gasteiger partial charge in [-0.1, -0.05) is 36.4 Å². The van der Waals surface area contributed by atoms with Gasteiger partial charge in [0.2, 0.25) is 0 Å². The fourth-order valence-corrected chi connectivity index (χ4v) is 2.90. The van der Waals surface area contributed by atoms with Gasteiger partial charge in [-0.25, -0.2) is 0 Å². The van der Waals surface area contributed by atoms with E-state index in [1.807, 2.05) is 0 Å². The van der Waals surface area contributed by atoms with Crippen LogP contribution in [0.4, 0.5) is 13.2 Å². The zero-order valence-corrected chi connectivity index (χ0v) is 14.1. The predicted molar refractivity (Wildman–Crippen MR) is 90.8 cm³/mol. The Morgan fingerprint density at radius 2 is 1.73 bits per heavy atom. The minimum atomic E-state index is -4.72. The Balaban J connectivity index is 1.68. The van der Waals surface area contributed by atoms with Crippen molar-refractivity contribution >= 4 is 0 Å². The van der Waals surface area contributed by atoms with E-state index in [-0.39, 0.29) is 5.75 Å². The van der Waals surface area contributed by atoms with E-state index in [2.05, 4.69) is 9.64 Å². The fourth-order valence-electron chi connectivity index (χ4n) is 2.90.